The van der Waals surface area contributed by atoms with Gasteiger partial charge in [0, 0.05) is 11.8 Å². The monoisotopic (exact) mass is 362 g/mol. The Hall–Kier alpha value is -1.37. The highest BCUT2D eigenvalue weighted by molar-refractivity contribution is 5.88. The lowest BCUT2D eigenvalue weighted by Gasteiger charge is -2.52. The second-order valence-corrected chi connectivity index (χ2v) is 9.80. The number of hydrogen-bond acceptors (Lipinski definition) is 1. The molecule has 27 heavy (non-hydrogen) atoms. The lowest BCUT2D eigenvalue weighted by molar-refractivity contribution is -0.132. The van der Waals surface area contributed by atoms with Crippen LogP contribution in [0.15, 0.2) is 35.9 Å². The molecule has 4 aliphatic rings. The summed E-state index contributed by atoms with van der Waals surface area (Å²) >= 11 is 0. The van der Waals surface area contributed by atoms with E-state index in [1.807, 2.05) is 0 Å². The molecule has 1 heteroatoms. The van der Waals surface area contributed by atoms with Crippen molar-refractivity contribution in [3.8, 4) is 0 Å². The third-order valence-corrected chi connectivity index (χ3v) is 8.76. The van der Waals surface area contributed by atoms with Crippen LogP contribution in [0.25, 0.3) is 0 Å². The SMILES string of the molecule is CCc1ccc(C[C@]23CC[C@H]4[C@@H](CC=C5CCCC[C@@H]54)[C@@H]2CCC3=O)cc1. The summed E-state index contributed by atoms with van der Waals surface area (Å²) in [6, 6.07) is 9.12. The molecule has 5 rings (SSSR count). The number of allylic oxidation sites excluding steroid dienone is 2. The zero-order valence-electron chi connectivity index (χ0n) is 16.9. The van der Waals surface area contributed by atoms with Gasteiger partial charge in [-0.3, -0.25) is 4.79 Å². The minimum absolute atomic E-state index is 0.0467. The summed E-state index contributed by atoms with van der Waals surface area (Å²) in [7, 11) is 0. The highest BCUT2D eigenvalue weighted by Gasteiger charge is 2.57. The van der Waals surface area contributed by atoms with Gasteiger partial charge < -0.3 is 0 Å². The van der Waals surface area contributed by atoms with E-state index >= 15 is 0 Å². The zero-order valence-corrected chi connectivity index (χ0v) is 16.9. The van der Waals surface area contributed by atoms with Gasteiger partial charge in [-0.1, -0.05) is 49.3 Å². The molecule has 1 aromatic rings. The number of carbonyl (C=O) groups is 1. The minimum Gasteiger partial charge on any atom is -0.299 e. The van der Waals surface area contributed by atoms with E-state index in [1.165, 1.54) is 49.7 Å². The fourth-order valence-corrected chi connectivity index (χ4v) is 7.41. The molecule has 0 saturated heterocycles. The van der Waals surface area contributed by atoms with E-state index in [4.69, 9.17) is 0 Å². The molecule has 3 fully saturated rings. The fraction of sp³-hybridized carbons (Fsp3) is 0.654. The number of fused-ring (bicyclic) bond motifs is 5. The second kappa shape index (κ2) is 6.90. The predicted octanol–water partition coefficient (Wildman–Crippen LogP) is 6.30. The normalized spacial score (nSPS) is 38.0. The molecule has 0 bridgehead atoms. The van der Waals surface area contributed by atoms with Gasteiger partial charge in [0.15, 0.2) is 0 Å². The first-order valence-corrected chi connectivity index (χ1v) is 11.5. The maximum atomic E-state index is 13.2. The summed E-state index contributed by atoms with van der Waals surface area (Å²) in [6.07, 6.45) is 16.0. The Labute approximate surface area is 164 Å². The zero-order chi connectivity index (χ0) is 18.4. The van der Waals surface area contributed by atoms with Gasteiger partial charge in [0.05, 0.1) is 0 Å². The molecule has 0 radical (unpaired) electrons. The maximum absolute atomic E-state index is 13.2. The molecule has 144 valence electrons. The first-order chi connectivity index (χ1) is 13.2. The van der Waals surface area contributed by atoms with Crippen molar-refractivity contribution in [2.24, 2.45) is 29.1 Å². The fourth-order valence-electron chi connectivity index (χ4n) is 7.41. The lowest BCUT2D eigenvalue weighted by atomic mass is 9.51. The van der Waals surface area contributed by atoms with Crippen molar-refractivity contribution in [2.75, 3.05) is 0 Å². The summed E-state index contributed by atoms with van der Waals surface area (Å²) in [4.78, 5) is 13.2. The molecule has 3 saturated carbocycles. The van der Waals surface area contributed by atoms with Crippen LogP contribution in [0.1, 0.15) is 75.8 Å². The Kier molecular flexibility index (Phi) is 4.53. The second-order valence-electron chi connectivity index (χ2n) is 9.80. The molecular formula is C26H34O. The predicted molar refractivity (Wildman–Crippen MR) is 111 cm³/mol. The van der Waals surface area contributed by atoms with Gasteiger partial charge in [0.1, 0.15) is 5.78 Å². The third kappa shape index (κ3) is 2.84. The Morgan fingerprint density at radius 2 is 1.78 bits per heavy atom. The number of ketones is 1. The number of hydrogen-bond donors (Lipinski definition) is 0. The summed E-state index contributed by atoms with van der Waals surface area (Å²) in [5.41, 5.74) is 4.52. The van der Waals surface area contributed by atoms with Gasteiger partial charge in [0.25, 0.3) is 0 Å². The molecule has 0 aromatic heterocycles. The van der Waals surface area contributed by atoms with Crippen molar-refractivity contribution in [3.05, 3.63) is 47.0 Å². The van der Waals surface area contributed by atoms with Crippen LogP contribution in [0, 0.1) is 29.1 Å². The van der Waals surface area contributed by atoms with E-state index in [9.17, 15) is 4.79 Å². The van der Waals surface area contributed by atoms with Crippen molar-refractivity contribution >= 4 is 5.78 Å². The van der Waals surface area contributed by atoms with E-state index in [1.54, 1.807) is 5.57 Å². The van der Waals surface area contributed by atoms with Crippen molar-refractivity contribution in [1.82, 2.24) is 0 Å². The molecule has 0 aliphatic heterocycles. The van der Waals surface area contributed by atoms with Gasteiger partial charge in [-0.15, -0.1) is 0 Å². The molecule has 0 N–H and O–H groups in total. The molecule has 5 atom stereocenters. The van der Waals surface area contributed by atoms with Crippen LogP contribution in [0.4, 0.5) is 0 Å². The molecule has 0 spiro atoms. The van der Waals surface area contributed by atoms with Gasteiger partial charge in [0.2, 0.25) is 0 Å². The molecule has 0 heterocycles. The van der Waals surface area contributed by atoms with Crippen LogP contribution >= 0.6 is 0 Å². The number of Topliss-reactive ketones (excluding diaryl/α,β-unsaturated/α-hetero) is 1. The van der Waals surface area contributed by atoms with Gasteiger partial charge in [-0.25, -0.2) is 0 Å². The largest absolute Gasteiger partial charge is 0.299 e. The average molecular weight is 363 g/mol. The standard InChI is InChI=1S/C26H34O/c1-2-18-7-9-19(10-8-18)17-26-16-15-22-21-6-4-3-5-20(21)11-12-23(22)24(26)13-14-25(26)27/h7-11,21-24H,2-6,12-17H2,1H3/t21-,22+,23+,24-,26+/m0/s1. The first kappa shape index (κ1) is 17.7. The molecule has 0 unspecified atom stereocenters. The molecule has 1 aromatic carbocycles. The number of carbonyl (C=O) groups excluding carboxylic acids is 1. The minimum atomic E-state index is -0.0467. The topological polar surface area (TPSA) is 17.1 Å². The Morgan fingerprint density at radius 1 is 0.963 bits per heavy atom. The highest BCUT2D eigenvalue weighted by Crippen LogP contribution is 2.61. The molecular weight excluding hydrogens is 328 g/mol. The van der Waals surface area contributed by atoms with E-state index < -0.39 is 0 Å². The molecule has 1 nitrogen and oxygen atoms in total. The first-order valence-electron chi connectivity index (χ1n) is 11.5. The van der Waals surface area contributed by atoms with E-state index in [2.05, 4.69) is 37.3 Å². The number of rotatable bonds is 3. The number of benzene rings is 1. The van der Waals surface area contributed by atoms with Gasteiger partial charge in [-0.2, -0.15) is 0 Å². The number of aryl methyl sites for hydroxylation is 1. The van der Waals surface area contributed by atoms with E-state index in [0.29, 0.717) is 11.7 Å². The molecule has 0 amide bonds. The van der Waals surface area contributed by atoms with Crippen LogP contribution in [-0.4, -0.2) is 5.78 Å². The smallest absolute Gasteiger partial charge is 0.139 e. The van der Waals surface area contributed by atoms with Gasteiger partial charge >= 0.3 is 0 Å². The average Bonchev–Trinajstić information content (AvgIpc) is 3.05. The van der Waals surface area contributed by atoms with Crippen LogP contribution < -0.4 is 0 Å². The van der Waals surface area contributed by atoms with Crippen molar-refractivity contribution in [2.45, 2.75) is 77.6 Å². The summed E-state index contributed by atoms with van der Waals surface area (Å²) in [6.45, 7) is 2.21. The van der Waals surface area contributed by atoms with Crippen LogP contribution in [0.3, 0.4) is 0 Å². The lowest BCUT2D eigenvalue weighted by Crippen LogP contribution is -2.48. The molecule has 4 aliphatic carbocycles. The Morgan fingerprint density at radius 3 is 2.59 bits per heavy atom. The quantitative estimate of drug-likeness (QED) is 0.576. The van der Waals surface area contributed by atoms with Crippen molar-refractivity contribution in [3.63, 3.8) is 0 Å². The highest BCUT2D eigenvalue weighted by atomic mass is 16.1. The van der Waals surface area contributed by atoms with Crippen LogP contribution in [0.2, 0.25) is 0 Å². The Balaban J connectivity index is 1.44. The van der Waals surface area contributed by atoms with E-state index in [0.717, 1.165) is 49.9 Å². The van der Waals surface area contributed by atoms with Crippen molar-refractivity contribution < 1.29 is 4.79 Å². The Bertz CT molecular complexity index is 742. The summed E-state index contributed by atoms with van der Waals surface area (Å²) < 4.78 is 0. The summed E-state index contributed by atoms with van der Waals surface area (Å²) in [5, 5.41) is 0. The van der Waals surface area contributed by atoms with E-state index in [-0.39, 0.29) is 5.41 Å². The van der Waals surface area contributed by atoms with Crippen molar-refractivity contribution in [1.29, 1.82) is 0 Å². The summed E-state index contributed by atoms with van der Waals surface area (Å²) in [5.74, 6) is 3.72. The maximum Gasteiger partial charge on any atom is 0.139 e. The third-order valence-electron chi connectivity index (χ3n) is 8.76. The van der Waals surface area contributed by atoms with Crippen LogP contribution in [0.5, 0.6) is 0 Å². The van der Waals surface area contributed by atoms with Crippen LogP contribution in [-0.2, 0) is 17.6 Å². The van der Waals surface area contributed by atoms with Gasteiger partial charge in [-0.05, 0) is 92.6 Å².